The summed E-state index contributed by atoms with van der Waals surface area (Å²) < 4.78 is 4.75. The fraction of sp³-hybridized carbons (Fsp3) is 0.667. The Kier molecular flexibility index (Phi) is 3.27. The van der Waals surface area contributed by atoms with Gasteiger partial charge in [0, 0.05) is 6.42 Å². The molecule has 1 amide bonds. The number of ether oxygens (including phenoxy) is 1. The third kappa shape index (κ3) is 1.96. The fourth-order valence-electron chi connectivity index (χ4n) is 2.51. The zero-order valence-corrected chi connectivity index (χ0v) is 9.52. The van der Waals surface area contributed by atoms with Gasteiger partial charge in [-0.2, -0.15) is 0 Å². The number of rotatable bonds is 2. The Morgan fingerprint density at radius 2 is 2.31 bits per heavy atom. The molecule has 16 heavy (non-hydrogen) atoms. The lowest BCUT2D eigenvalue weighted by molar-refractivity contribution is -0.150. The van der Waals surface area contributed by atoms with Gasteiger partial charge in [-0.3, -0.25) is 4.79 Å². The second-order valence-electron chi connectivity index (χ2n) is 4.31. The molecule has 0 bridgehead atoms. The molecule has 1 fully saturated rings. The SMILES string of the molecule is COC(=O)[C@@H]1CCC(=O)N1[C@H]1C=CCCC1. The number of hydrogen-bond donors (Lipinski definition) is 0. The van der Waals surface area contributed by atoms with Gasteiger partial charge in [-0.25, -0.2) is 4.79 Å². The van der Waals surface area contributed by atoms with Crippen LogP contribution in [-0.4, -0.2) is 36.0 Å². The molecule has 0 unspecified atom stereocenters. The maximum absolute atomic E-state index is 11.8. The van der Waals surface area contributed by atoms with Gasteiger partial charge >= 0.3 is 5.97 Å². The molecule has 2 rings (SSSR count). The van der Waals surface area contributed by atoms with Crippen LogP contribution in [-0.2, 0) is 14.3 Å². The highest BCUT2D eigenvalue weighted by Crippen LogP contribution is 2.27. The zero-order chi connectivity index (χ0) is 11.5. The van der Waals surface area contributed by atoms with Crippen LogP contribution in [0.4, 0.5) is 0 Å². The van der Waals surface area contributed by atoms with Gasteiger partial charge in [0.25, 0.3) is 0 Å². The first kappa shape index (κ1) is 11.2. The maximum atomic E-state index is 11.8. The molecule has 88 valence electrons. The Morgan fingerprint density at radius 1 is 1.50 bits per heavy atom. The van der Waals surface area contributed by atoms with E-state index in [1.54, 1.807) is 4.90 Å². The molecule has 4 heteroatoms. The van der Waals surface area contributed by atoms with Gasteiger partial charge in [-0.15, -0.1) is 0 Å². The highest BCUT2D eigenvalue weighted by atomic mass is 16.5. The number of likely N-dealkylation sites (tertiary alicyclic amines) is 1. The van der Waals surface area contributed by atoms with Gasteiger partial charge in [-0.05, 0) is 25.7 Å². The summed E-state index contributed by atoms with van der Waals surface area (Å²) in [5.41, 5.74) is 0. The van der Waals surface area contributed by atoms with Crippen LogP contribution in [0.5, 0.6) is 0 Å². The van der Waals surface area contributed by atoms with E-state index in [9.17, 15) is 9.59 Å². The molecule has 1 aliphatic carbocycles. The number of amides is 1. The number of methoxy groups -OCH3 is 1. The Labute approximate surface area is 95.2 Å². The summed E-state index contributed by atoms with van der Waals surface area (Å²) in [7, 11) is 1.38. The lowest BCUT2D eigenvalue weighted by atomic mass is 10.0. The molecular formula is C12H17NO3. The third-order valence-corrected chi connectivity index (χ3v) is 3.31. The molecule has 0 spiro atoms. The Bertz CT molecular complexity index is 324. The number of hydrogen-bond acceptors (Lipinski definition) is 3. The molecule has 0 aromatic carbocycles. The first-order valence-corrected chi connectivity index (χ1v) is 5.79. The van der Waals surface area contributed by atoms with Gasteiger partial charge < -0.3 is 9.64 Å². The van der Waals surface area contributed by atoms with Crippen molar-refractivity contribution in [2.45, 2.75) is 44.2 Å². The molecule has 1 heterocycles. The normalized spacial score (nSPS) is 29.6. The van der Waals surface area contributed by atoms with Crippen LogP contribution >= 0.6 is 0 Å². The summed E-state index contributed by atoms with van der Waals surface area (Å²) in [5.74, 6) is -0.211. The molecule has 2 aliphatic rings. The van der Waals surface area contributed by atoms with Crippen LogP contribution < -0.4 is 0 Å². The highest BCUT2D eigenvalue weighted by molar-refractivity contribution is 5.88. The molecule has 0 aromatic heterocycles. The van der Waals surface area contributed by atoms with Gasteiger partial charge in [0.2, 0.25) is 5.91 Å². The van der Waals surface area contributed by atoms with E-state index in [0.717, 1.165) is 19.3 Å². The van der Waals surface area contributed by atoms with E-state index in [-0.39, 0.29) is 24.0 Å². The second kappa shape index (κ2) is 4.68. The van der Waals surface area contributed by atoms with Crippen molar-refractivity contribution in [2.75, 3.05) is 7.11 Å². The highest BCUT2D eigenvalue weighted by Gasteiger charge is 2.40. The quantitative estimate of drug-likeness (QED) is 0.523. The van der Waals surface area contributed by atoms with Crippen LogP contribution in [0.1, 0.15) is 32.1 Å². The minimum atomic E-state index is -0.370. The van der Waals surface area contributed by atoms with Crippen LogP contribution in [0.3, 0.4) is 0 Å². The predicted octanol–water partition coefficient (Wildman–Crippen LogP) is 1.26. The first-order chi connectivity index (χ1) is 7.74. The number of nitrogens with zero attached hydrogens (tertiary/aromatic N) is 1. The van der Waals surface area contributed by atoms with Gasteiger partial charge in [0.15, 0.2) is 0 Å². The van der Waals surface area contributed by atoms with Crippen molar-refractivity contribution >= 4 is 11.9 Å². The average molecular weight is 223 g/mol. The zero-order valence-electron chi connectivity index (χ0n) is 9.52. The average Bonchev–Trinajstić information content (AvgIpc) is 2.71. The molecule has 4 nitrogen and oxygen atoms in total. The van der Waals surface area contributed by atoms with Crippen molar-refractivity contribution < 1.29 is 14.3 Å². The van der Waals surface area contributed by atoms with Crippen LogP contribution in [0.25, 0.3) is 0 Å². The smallest absolute Gasteiger partial charge is 0.328 e. The number of allylic oxidation sites excluding steroid dienone is 1. The second-order valence-corrected chi connectivity index (χ2v) is 4.31. The van der Waals surface area contributed by atoms with E-state index in [1.165, 1.54) is 7.11 Å². The van der Waals surface area contributed by atoms with Crippen LogP contribution in [0, 0.1) is 0 Å². The van der Waals surface area contributed by atoms with Crippen LogP contribution in [0.15, 0.2) is 12.2 Å². The standard InChI is InChI=1S/C12H17NO3/c1-16-12(15)10-7-8-11(14)13(10)9-5-3-2-4-6-9/h3,5,9-10H,2,4,6-8H2,1H3/t9-,10-/m0/s1. The summed E-state index contributed by atoms with van der Waals surface area (Å²) in [6.07, 6.45) is 8.30. The Morgan fingerprint density at radius 3 is 2.94 bits per heavy atom. The lowest BCUT2D eigenvalue weighted by Crippen LogP contribution is -2.45. The fourth-order valence-corrected chi connectivity index (χ4v) is 2.51. The maximum Gasteiger partial charge on any atom is 0.328 e. The van der Waals surface area contributed by atoms with E-state index in [4.69, 9.17) is 4.74 Å². The van der Waals surface area contributed by atoms with Crippen LogP contribution in [0.2, 0.25) is 0 Å². The summed E-state index contributed by atoms with van der Waals surface area (Å²) in [6, 6.07) is -0.280. The van der Waals surface area contributed by atoms with Crippen molar-refractivity contribution in [1.29, 1.82) is 0 Å². The minimum Gasteiger partial charge on any atom is -0.467 e. The monoisotopic (exact) mass is 223 g/mol. The van der Waals surface area contributed by atoms with Gasteiger partial charge in [0.1, 0.15) is 6.04 Å². The van der Waals surface area contributed by atoms with Gasteiger partial charge in [0.05, 0.1) is 13.2 Å². The third-order valence-electron chi connectivity index (χ3n) is 3.31. The van der Waals surface area contributed by atoms with Crippen molar-refractivity contribution in [1.82, 2.24) is 4.90 Å². The van der Waals surface area contributed by atoms with E-state index < -0.39 is 0 Å². The molecule has 1 saturated heterocycles. The lowest BCUT2D eigenvalue weighted by Gasteiger charge is -2.31. The van der Waals surface area contributed by atoms with Crippen molar-refractivity contribution in [3.05, 3.63) is 12.2 Å². The van der Waals surface area contributed by atoms with Crippen molar-refractivity contribution in [3.63, 3.8) is 0 Å². The van der Waals surface area contributed by atoms with E-state index in [0.29, 0.717) is 12.8 Å². The number of esters is 1. The summed E-state index contributed by atoms with van der Waals surface area (Å²) in [6.45, 7) is 0. The topological polar surface area (TPSA) is 46.6 Å². The molecule has 0 saturated carbocycles. The van der Waals surface area contributed by atoms with Crippen molar-refractivity contribution in [2.24, 2.45) is 0 Å². The molecule has 2 atom stereocenters. The predicted molar refractivity (Wildman–Crippen MR) is 58.7 cm³/mol. The Balaban J connectivity index is 2.15. The van der Waals surface area contributed by atoms with E-state index in [1.807, 2.05) is 6.08 Å². The Hall–Kier alpha value is -1.32. The minimum absolute atomic E-state index is 0.0759. The van der Waals surface area contributed by atoms with E-state index in [2.05, 4.69) is 6.08 Å². The van der Waals surface area contributed by atoms with Crippen molar-refractivity contribution in [3.8, 4) is 0 Å². The molecular weight excluding hydrogens is 206 g/mol. The first-order valence-electron chi connectivity index (χ1n) is 5.79. The van der Waals surface area contributed by atoms with E-state index >= 15 is 0 Å². The summed E-state index contributed by atoms with van der Waals surface area (Å²) in [5, 5.41) is 0. The molecule has 0 aromatic rings. The largest absolute Gasteiger partial charge is 0.467 e. The summed E-state index contributed by atoms with van der Waals surface area (Å²) in [4.78, 5) is 25.1. The number of carbonyl (C=O) groups excluding carboxylic acids is 2. The summed E-state index contributed by atoms with van der Waals surface area (Å²) >= 11 is 0. The number of carbonyl (C=O) groups is 2. The molecule has 1 aliphatic heterocycles. The van der Waals surface area contributed by atoms with Gasteiger partial charge in [-0.1, -0.05) is 12.2 Å². The molecule has 0 N–H and O–H groups in total. The molecule has 0 radical (unpaired) electrons.